The highest BCUT2D eigenvalue weighted by Gasteiger charge is 2.33. The van der Waals surface area contributed by atoms with E-state index in [-0.39, 0.29) is 11.8 Å². The van der Waals surface area contributed by atoms with Crippen LogP contribution in [0, 0.1) is 11.8 Å². The van der Waals surface area contributed by atoms with Gasteiger partial charge in [0.25, 0.3) is 0 Å². The summed E-state index contributed by atoms with van der Waals surface area (Å²) in [5, 5.41) is 6.34. The fourth-order valence-corrected chi connectivity index (χ4v) is 7.73. The molecule has 1 rings (SSSR count). The van der Waals surface area contributed by atoms with Crippen molar-refractivity contribution in [2.24, 2.45) is 11.8 Å². The molecule has 52 heavy (non-hydrogen) atoms. The Hall–Kier alpha value is -1.14. The second kappa shape index (κ2) is 34.4. The van der Waals surface area contributed by atoms with Gasteiger partial charge in [0.1, 0.15) is 12.6 Å². The lowest BCUT2D eigenvalue weighted by atomic mass is 10.0. The number of nitrogens with one attached hydrogen (secondary N) is 2. The van der Waals surface area contributed by atoms with Crippen LogP contribution in [0.5, 0.6) is 0 Å². The number of hydrogen-bond acceptors (Lipinski definition) is 3. The highest BCUT2D eigenvalue weighted by Crippen LogP contribution is 2.18. The summed E-state index contributed by atoms with van der Waals surface area (Å²) >= 11 is 0. The van der Waals surface area contributed by atoms with Crippen molar-refractivity contribution in [1.82, 2.24) is 10.6 Å². The van der Waals surface area contributed by atoms with Gasteiger partial charge in [-0.25, -0.2) is 0 Å². The molecule has 1 saturated heterocycles. The van der Waals surface area contributed by atoms with Gasteiger partial charge in [0, 0.05) is 38.8 Å². The summed E-state index contributed by atoms with van der Waals surface area (Å²) in [6, 6.07) is 0. The van der Waals surface area contributed by atoms with Crippen LogP contribution in [0.4, 0.5) is 0 Å². The van der Waals surface area contributed by atoms with Crippen LogP contribution in [0.2, 0.25) is 0 Å². The first-order chi connectivity index (χ1) is 25.2. The SMILES string of the molecule is CC(C)CCCCCCCCCCCCCCC(=O)NCCC[N+](C)(CCCNC(=O)CCCCCCCCCCCCCCC(C)C)CC1CO1. The summed E-state index contributed by atoms with van der Waals surface area (Å²) in [6.45, 7) is 14.8. The molecule has 0 aliphatic carbocycles. The fourth-order valence-electron chi connectivity index (χ4n) is 7.73. The summed E-state index contributed by atoms with van der Waals surface area (Å²) in [7, 11) is 2.31. The van der Waals surface area contributed by atoms with Crippen LogP contribution in [-0.2, 0) is 14.3 Å². The Morgan fingerprint density at radius 1 is 0.500 bits per heavy atom. The maximum atomic E-state index is 12.4. The van der Waals surface area contributed by atoms with Gasteiger partial charge in [0.2, 0.25) is 11.8 Å². The van der Waals surface area contributed by atoms with Crippen LogP contribution in [0.3, 0.4) is 0 Å². The summed E-state index contributed by atoms with van der Waals surface area (Å²) in [5.74, 6) is 2.14. The molecule has 1 atom stereocenters. The summed E-state index contributed by atoms with van der Waals surface area (Å²) < 4.78 is 6.53. The van der Waals surface area contributed by atoms with Crippen LogP contribution in [-0.4, -0.2) is 68.8 Å². The monoisotopic (exact) mass is 735 g/mol. The number of hydrogen-bond donors (Lipinski definition) is 2. The number of carbonyl (C=O) groups excluding carboxylic acids is 2. The number of rotatable bonds is 40. The van der Waals surface area contributed by atoms with Gasteiger partial charge in [-0.05, 0) is 24.7 Å². The Balaban J connectivity index is 1.96. The molecule has 0 aromatic carbocycles. The zero-order valence-electron chi connectivity index (χ0n) is 35.9. The highest BCUT2D eigenvalue weighted by molar-refractivity contribution is 5.76. The van der Waals surface area contributed by atoms with E-state index in [1.165, 1.54) is 154 Å². The van der Waals surface area contributed by atoms with E-state index in [2.05, 4.69) is 45.4 Å². The van der Waals surface area contributed by atoms with E-state index in [4.69, 9.17) is 4.74 Å². The van der Waals surface area contributed by atoms with Crippen LogP contribution in [0.1, 0.15) is 220 Å². The van der Waals surface area contributed by atoms with E-state index in [9.17, 15) is 9.59 Å². The minimum atomic E-state index is 0.212. The molecule has 0 spiro atoms. The average Bonchev–Trinajstić information content (AvgIpc) is 3.92. The van der Waals surface area contributed by atoms with Crippen molar-refractivity contribution >= 4 is 11.8 Å². The maximum absolute atomic E-state index is 12.4. The molecule has 1 aliphatic heterocycles. The van der Waals surface area contributed by atoms with E-state index in [1.54, 1.807) is 0 Å². The number of nitrogens with zero attached hydrogens (tertiary/aromatic N) is 1. The topological polar surface area (TPSA) is 70.7 Å². The van der Waals surface area contributed by atoms with Gasteiger partial charge in [0.15, 0.2) is 0 Å². The molecule has 1 fully saturated rings. The van der Waals surface area contributed by atoms with E-state index in [0.29, 0.717) is 18.9 Å². The van der Waals surface area contributed by atoms with Crippen molar-refractivity contribution in [2.75, 3.05) is 46.4 Å². The zero-order chi connectivity index (χ0) is 38.0. The van der Waals surface area contributed by atoms with Crippen molar-refractivity contribution < 1.29 is 18.8 Å². The highest BCUT2D eigenvalue weighted by atomic mass is 16.6. The number of unbranched alkanes of at least 4 members (excludes halogenated alkanes) is 22. The molecular weight excluding hydrogens is 643 g/mol. The van der Waals surface area contributed by atoms with Crippen LogP contribution in [0.25, 0.3) is 0 Å². The first-order valence-corrected chi connectivity index (χ1v) is 23.2. The lowest BCUT2D eigenvalue weighted by Crippen LogP contribution is -2.49. The molecule has 1 heterocycles. The molecular formula is C46H92N3O3+. The predicted octanol–water partition coefficient (Wildman–Crippen LogP) is 12.1. The van der Waals surface area contributed by atoms with E-state index in [1.807, 2.05) is 0 Å². The molecule has 1 aliphatic rings. The molecule has 0 bridgehead atoms. The Kier molecular flexibility index (Phi) is 32.3. The standard InChI is InChI=1S/C46H91N3O3/c1-42(2)32-26-22-18-14-10-6-8-12-16-20-24-28-34-45(50)47-36-30-38-49(5,40-44-41-52-44)39-31-37-48-46(51)35-29-25-21-17-13-9-7-11-15-19-23-27-33-43(3)4/h42-44H,6-41H2,1-5H3,(H-,47,48,50,51)/p+1. The number of quaternary nitrogens is 1. The molecule has 308 valence electrons. The number of likely N-dealkylation sites (N-methyl/N-ethyl adjacent to an activating group) is 1. The molecule has 2 amide bonds. The quantitative estimate of drug-likeness (QED) is 0.0374. The first kappa shape index (κ1) is 48.9. The van der Waals surface area contributed by atoms with Crippen molar-refractivity contribution in [1.29, 1.82) is 0 Å². The van der Waals surface area contributed by atoms with Crippen molar-refractivity contribution in [3.8, 4) is 0 Å². The van der Waals surface area contributed by atoms with Gasteiger partial charge in [-0.15, -0.1) is 0 Å². The average molecular weight is 735 g/mol. The van der Waals surface area contributed by atoms with E-state index >= 15 is 0 Å². The van der Waals surface area contributed by atoms with Gasteiger partial charge in [-0.1, -0.05) is 182 Å². The molecule has 6 nitrogen and oxygen atoms in total. The Morgan fingerprint density at radius 3 is 1.08 bits per heavy atom. The number of amides is 2. The Labute approximate surface area is 325 Å². The van der Waals surface area contributed by atoms with E-state index < -0.39 is 0 Å². The minimum Gasteiger partial charge on any atom is -0.367 e. The van der Waals surface area contributed by atoms with Gasteiger partial charge < -0.3 is 19.9 Å². The second-order valence-electron chi connectivity index (χ2n) is 18.0. The van der Waals surface area contributed by atoms with Crippen LogP contribution in [0.15, 0.2) is 0 Å². The molecule has 2 N–H and O–H groups in total. The fraction of sp³-hybridized carbons (Fsp3) is 0.957. The smallest absolute Gasteiger partial charge is 0.219 e. The van der Waals surface area contributed by atoms with E-state index in [0.717, 1.165) is 81.3 Å². The second-order valence-corrected chi connectivity index (χ2v) is 18.0. The predicted molar refractivity (Wildman–Crippen MR) is 225 cm³/mol. The minimum absolute atomic E-state index is 0.212. The van der Waals surface area contributed by atoms with Gasteiger partial charge in [-0.2, -0.15) is 0 Å². The molecule has 6 heteroatoms. The lowest BCUT2D eigenvalue weighted by molar-refractivity contribution is -0.910. The van der Waals surface area contributed by atoms with Crippen molar-refractivity contribution in [3.05, 3.63) is 0 Å². The van der Waals surface area contributed by atoms with Crippen molar-refractivity contribution in [2.45, 2.75) is 226 Å². The largest absolute Gasteiger partial charge is 0.367 e. The summed E-state index contributed by atoms with van der Waals surface area (Å²) in [5.41, 5.74) is 0. The van der Waals surface area contributed by atoms with Crippen molar-refractivity contribution in [3.63, 3.8) is 0 Å². The van der Waals surface area contributed by atoms with Gasteiger partial charge in [0.05, 0.1) is 26.7 Å². The third kappa shape index (κ3) is 34.6. The summed E-state index contributed by atoms with van der Waals surface area (Å²) in [6.07, 6.45) is 38.4. The molecule has 0 aromatic rings. The number of ether oxygens (including phenoxy) is 1. The number of epoxide rings is 1. The Morgan fingerprint density at radius 2 is 0.788 bits per heavy atom. The maximum Gasteiger partial charge on any atom is 0.219 e. The molecule has 0 saturated carbocycles. The molecule has 1 unspecified atom stereocenters. The number of carbonyl (C=O) groups is 2. The van der Waals surface area contributed by atoms with Gasteiger partial charge in [-0.3, -0.25) is 9.59 Å². The lowest BCUT2D eigenvalue weighted by Gasteiger charge is -2.34. The molecule has 0 radical (unpaired) electrons. The zero-order valence-corrected chi connectivity index (χ0v) is 35.9. The third-order valence-corrected chi connectivity index (χ3v) is 11.3. The Bertz CT molecular complexity index is 757. The normalized spacial score (nSPS) is 14.4. The third-order valence-electron chi connectivity index (χ3n) is 11.3. The van der Waals surface area contributed by atoms with Crippen LogP contribution >= 0.6 is 0 Å². The van der Waals surface area contributed by atoms with Gasteiger partial charge >= 0.3 is 0 Å². The molecule has 0 aromatic heterocycles. The first-order valence-electron chi connectivity index (χ1n) is 23.2. The summed E-state index contributed by atoms with van der Waals surface area (Å²) in [4.78, 5) is 24.8. The van der Waals surface area contributed by atoms with Crippen LogP contribution < -0.4 is 10.6 Å².